The van der Waals surface area contributed by atoms with Gasteiger partial charge in [-0.3, -0.25) is 0 Å². The van der Waals surface area contributed by atoms with Crippen molar-refractivity contribution in [3.8, 4) is 0 Å². The summed E-state index contributed by atoms with van der Waals surface area (Å²) in [5.41, 5.74) is 2.39. The van der Waals surface area contributed by atoms with E-state index in [1.54, 1.807) is 0 Å². The van der Waals surface area contributed by atoms with Crippen LogP contribution in [0.25, 0.3) is 0 Å². The van der Waals surface area contributed by atoms with Crippen molar-refractivity contribution in [3.05, 3.63) is 65.0 Å². The second-order valence-electron chi connectivity index (χ2n) is 4.77. The number of rotatable bonds is 4. The third-order valence-corrected chi connectivity index (χ3v) is 3.21. The fourth-order valence-corrected chi connectivity index (χ4v) is 2.06. The summed E-state index contributed by atoms with van der Waals surface area (Å²) in [6, 6.07) is 9.74. The summed E-state index contributed by atoms with van der Waals surface area (Å²) >= 11 is 0. The fraction of sp³-hybridized carbons (Fsp3) is 0.250. The molecule has 1 nitrogen and oxygen atoms in total. The van der Waals surface area contributed by atoms with Gasteiger partial charge in [-0.1, -0.05) is 36.8 Å². The van der Waals surface area contributed by atoms with Crippen LogP contribution in [0.15, 0.2) is 36.4 Å². The van der Waals surface area contributed by atoms with Crippen molar-refractivity contribution in [1.29, 1.82) is 0 Å². The number of hydrogen-bond donors (Lipinski definition) is 1. The summed E-state index contributed by atoms with van der Waals surface area (Å²) in [5, 5.41) is 3.03. The van der Waals surface area contributed by atoms with Crippen LogP contribution in [0.4, 0.5) is 18.9 Å². The highest BCUT2D eigenvalue weighted by Gasteiger charge is 2.14. The maximum absolute atomic E-state index is 13.2. The molecule has 0 aliphatic heterocycles. The van der Waals surface area contributed by atoms with Crippen LogP contribution in [-0.4, -0.2) is 0 Å². The summed E-state index contributed by atoms with van der Waals surface area (Å²) < 4.78 is 39.3. The molecule has 0 heterocycles. The molecule has 0 bridgehead atoms. The van der Waals surface area contributed by atoms with Crippen molar-refractivity contribution in [3.63, 3.8) is 0 Å². The number of aryl methyl sites for hydroxylation is 1. The van der Waals surface area contributed by atoms with Crippen LogP contribution in [0.5, 0.6) is 0 Å². The van der Waals surface area contributed by atoms with Crippen LogP contribution in [0.3, 0.4) is 0 Å². The van der Waals surface area contributed by atoms with Gasteiger partial charge in [0, 0.05) is 17.8 Å². The molecule has 4 heteroatoms. The molecule has 2 rings (SSSR count). The fourth-order valence-electron chi connectivity index (χ4n) is 2.06. The first-order chi connectivity index (χ1) is 9.51. The zero-order valence-electron chi connectivity index (χ0n) is 11.4. The Morgan fingerprint density at radius 3 is 2.05 bits per heavy atom. The number of benzene rings is 2. The number of anilines is 1. The summed E-state index contributed by atoms with van der Waals surface area (Å²) in [7, 11) is 0. The Labute approximate surface area is 116 Å². The first-order valence-corrected chi connectivity index (χ1v) is 6.49. The van der Waals surface area contributed by atoms with Crippen LogP contribution in [-0.2, 0) is 0 Å². The molecule has 0 aliphatic rings. The van der Waals surface area contributed by atoms with Gasteiger partial charge in [-0.2, -0.15) is 0 Å². The zero-order chi connectivity index (χ0) is 14.7. The molecule has 1 atom stereocenters. The van der Waals surface area contributed by atoms with Crippen molar-refractivity contribution in [2.45, 2.75) is 26.3 Å². The number of nitrogens with one attached hydrogen (secondary N) is 1. The smallest absolute Gasteiger partial charge is 0.194 e. The van der Waals surface area contributed by atoms with E-state index in [1.165, 1.54) is 0 Å². The zero-order valence-corrected chi connectivity index (χ0v) is 11.4. The molecule has 1 unspecified atom stereocenters. The summed E-state index contributed by atoms with van der Waals surface area (Å²) in [4.78, 5) is 0. The first-order valence-electron chi connectivity index (χ1n) is 6.49. The highest BCUT2D eigenvalue weighted by atomic mass is 19.2. The van der Waals surface area contributed by atoms with Gasteiger partial charge in [0.2, 0.25) is 0 Å². The molecule has 106 valence electrons. The van der Waals surface area contributed by atoms with E-state index in [0.717, 1.165) is 29.7 Å². The van der Waals surface area contributed by atoms with E-state index < -0.39 is 17.5 Å². The predicted molar refractivity (Wildman–Crippen MR) is 74.1 cm³/mol. The molecule has 0 amide bonds. The minimum absolute atomic E-state index is 0.0835. The molecule has 2 aromatic rings. The third kappa shape index (κ3) is 3.13. The topological polar surface area (TPSA) is 12.0 Å². The quantitative estimate of drug-likeness (QED) is 0.779. The molecule has 2 aromatic carbocycles. The lowest BCUT2D eigenvalue weighted by molar-refractivity contribution is 0.447. The Morgan fingerprint density at radius 1 is 1.00 bits per heavy atom. The average molecular weight is 279 g/mol. The second kappa shape index (κ2) is 5.99. The second-order valence-corrected chi connectivity index (χ2v) is 4.77. The third-order valence-electron chi connectivity index (χ3n) is 3.21. The molecule has 0 aliphatic carbocycles. The number of halogens is 3. The van der Waals surface area contributed by atoms with E-state index in [-0.39, 0.29) is 11.7 Å². The molecular weight excluding hydrogens is 263 g/mol. The van der Waals surface area contributed by atoms with Gasteiger partial charge in [-0.05, 0) is 18.9 Å². The van der Waals surface area contributed by atoms with Gasteiger partial charge in [0.25, 0.3) is 0 Å². The van der Waals surface area contributed by atoms with E-state index in [4.69, 9.17) is 0 Å². The SMILES string of the molecule is CCC(Nc1cc(F)c(F)c(F)c1)c1ccc(C)cc1. The molecule has 0 aromatic heterocycles. The van der Waals surface area contributed by atoms with E-state index in [1.807, 2.05) is 38.1 Å². The Kier molecular flexibility index (Phi) is 4.32. The van der Waals surface area contributed by atoms with E-state index >= 15 is 0 Å². The van der Waals surface area contributed by atoms with Gasteiger partial charge in [-0.15, -0.1) is 0 Å². The summed E-state index contributed by atoms with van der Waals surface area (Å²) in [6.45, 7) is 3.96. The van der Waals surface area contributed by atoms with Crippen LogP contribution < -0.4 is 5.32 Å². The van der Waals surface area contributed by atoms with Crippen molar-refractivity contribution in [2.24, 2.45) is 0 Å². The summed E-state index contributed by atoms with van der Waals surface area (Å²) in [5.74, 6) is -3.82. The Morgan fingerprint density at radius 2 is 1.55 bits per heavy atom. The van der Waals surface area contributed by atoms with E-state index in [9.17, 15) is 13.2 Å². The molecular formula is C16H16F3N. The Bertz CT molecular complexity index is 570. The maximum Gasteiger partial charge on any atom is 0.194 e. The lowest BCUT2D eigenvalue weighted by Gasteiger charge is -2.19. The van der Waals surface area contributed by atoms with E-state index in [2.05, 4.69) is 5.32 Å². The molecule has 0 fully saturated rings. The predicted octanol–water partition coefficient (Wildman–Crippen LogP) is 4.98. The monoisotopic (exact) mass is 279 g/mol. The lowest BCUT2D eigenvalue weighted by Crippen LogP contribution is -2.10. The number of hydrogen-bond acceptors (Lipinski definition) is 1. The van der Waals surface area contributed by atoms with Gasteiger partial charge in [0.1, 0.15) is 0 Å². The maximum atomic E-state index is 13.2. The van der Waals surface area contributed by atoms with Crippen molar-refractivity contribution >= 4 is 5.69 Å². The van der Waals surface area contributed by atoms with Crippen molar-refractivity contribution in [1.82, 2.24) is 0 Å². The highest BCUT2D eigenvalue weighted by Crippen LogP contribution is 2.25. The van der Waals surface area contributed by atoms with Gasteiger partial charge in [0.15, 0.2) is 17.5 Å². The molecule has 1 N–H and O–H groups in total. The molecule has 0 saturated carbocycles. The van der Waals surface area contributed by atoms with E-state index in [0.29, 0.717) is 0 Å². The molecule has 0 spiro atoms. The normalized spacial score (nSPS) is 12.2. The molecule has 0 saturated heterocycles. The molecule has 0 radical (unpaired) electrons. The largest absolute Gasteiger partial charge is 0.378 e. The van der Waals surface area contributed by atoms with Gasteiger partial charge < -0.3 is 5.32 Å². The molecule has 20 heavy (non-hydrogen) atoms. The average Bonchev–Trinajstić information content (AvgIpc) is 2.43. The van der Waals surface area contributed by atoms with Gasteiger partial charge >= 0.3 is 0 Å². The highest BCUT2D eigenvalue weighted by molar-refractivity contribution is 5.46. The minimum Gasteiger partial charge on any atom is -0.378 e. The Balaban J connectivity index is 2.24. The van der Waals surface area contributed by atoms with Gasteiger partial charge in [-0.25, -0.2) is 13.2 Å². The van der Waals surface area contributed by atoms with Crippen molar-refractivity contribution < 1.29 is 13.2 Å². The summed E-state index contributed by atoms with van der Waals surface area (Å²) in [6.07, 6.45) is 0.740. The van der Waals surface area contributed by atoms with Gasteiger partial charge in [0.05, 0.1) is 6.04 Å². The minimum atomic E-state index is -1.45. The Hall–Kier alpha value is -1.97. The van der Waals surface area contributed by atoms with Crippen molar-refractivity contribution in [2.75, 3.05) is 5.32 Å². The first kappa shape index (κ1) is 14.4. The van der Waals surface area contributed by atoms with Crippen LogP contribution in [0.1, 0.15) is 30.5 Å². The standard InChI is InChI=1S/C16H16F3N/c1-3-15(11-6-4-10(2)5-7-11)20-12-8-13(17)16(19)14(18)9-12/h4-9,15,20H,3H2,1-2H3. The van der Waals surface area contributed by atoms with Crippen LogP contribution in [0, 0.1) is 24.4 Å². The lowest BCUT2D eigenvalue weighted by atomic mass is 10.0. The van der Waals surface area contributed by atoms with Crippen LogP contribution in [0.2, 0.25) is 0 Å². The van der Waals surface area contributed by atoms with Crippen LogP contribution >= 0.6 is 0 Å².